The van der Waals surface area contributed by atoms with Gasteiger partial charge in [0.15, 0.2) is 0 Å². The number of phenolic OH excluding ortho intramolecular Hbond substituents is 2. The summed E-state index contributed by atoms with van der Waals surface area (Å²) in [6, 6.07) is 4.23. The molecule has 1 aromatic carbocycles. The van der Waals surface area contributed by atoms with Gasteiger partial charge in [-0.05, 0) is 12.1 Å². The zero-order chi connectivity index (χ0) is 12.7. The Morgan fingerprint density at radius 1 is 1.29 bits per heavy atom. The van der Waals surface area contributed by atoms with Crippen LogP contribution in [-0.2, 0) is 9.68 Å². The van der Waals surface area contributed by atoms with E-state index in [-0.39, 0.29) is 11.5 Å². The molecule has 0 saturated carbocycles. The van der Waals surface area contributed by atoms with Gasteiger partial charge in [0.2, 0.25) is 0 Å². The van der Waals surface area contributed by atoms with Gasteiger partial charge in [-0.25, -0.2) is 0 Å². The van der Waals surface area contributed by atoms with Crippen LogP contribution in [0, 0.1) is 0 Å². The topological polar surface area (TPSA) is 83.6 Å². The lowest BCUT2D eigenvalue weighted by Gasteiger charge is -2.05. The van der Waals surface area contributed by atoms with E-state index in [0.29, 0.717) is 17.7 Å². The fraction of sp³-hybridized carbons (Fsp3) is 0.273. The van der Waals surface area contributed by atoms with Crippen molar-refractivity contribution in [2.24, 2.45) is 10.3 Å². The molecule has 0 aliphatic carbocycles. The van der Waals surface area contributed by atoms with E-state index < -0.39 is 0 Å². The number of oxime groups is 2. The number of benzene rings is 1. The normalized spacial score (nSPS) is 11.8. The predicted molar refractivity (Wildman–Crippen MR) is 63.4 cm³/mol. The van der Waals surface area contributed by atoms with E-state index in [0.717, 1.165) is 0 Å². The van der Waals surface area contributed by atoms with E-state index >= 15 is 0 Å². The molecule has 17 heavy (non-hydrogen) atoms. The van der Waals surface area contributed by atoms with Crippen LogP contribution in [-0.4, -0.2) is 36.4 Å². The van der Waals surface area contributed by atoms with Crippen LogP contribution in [0.2, 0.25) is 0 Å². The first kappa shape index (κ1) is 12.8. The monoisotopic (exact) mass is 238 g/mol. The molecule has 0 atom stereocenters. The Hall–Kier alpha value is -2.24. The third-order valence-electron chi connectivity index (χ3n) is 1.96. The molecule has 0 spiro atoms. The van der Waals surface area contributed by atoms with Crippen LogP contribution in [0.4, 0.5) is 0 Å². The van der Waals surface area contributed by atoms with E-state index in [1.54, 1.807) is 6.07 Å². The van der Waals surface area contributed by atoms with Crippen molar-refractivity contribution in [2.45, 2.75) is 6.42 Å². The van der Waals surface area contributed by atoms with Crippen molar-refractivity contribution in [3.05, 3.63) is 23.8 Å². The van der Waals surface area contributed by atoms with E-state index in [2.05, 4.69) is 20.0 Å². The summed E-state index contributed by atoms with van der Waals surface area (Å²) in [4.78, 5) is 9.21. The molecular formula is C11H14N2O4. The number of hydrogen-bond acceptors (Lipinski definition) is 6. The number of phenols is 2. The van der Waals surface area contributed by atoms with Crippen LogP contribution in [0.3, 0.4) is 0 Å². The second kappa shape index (κ2) is 6.37. The van der Waals surface area contributed by atoms with Crippen molar-refractivity contribution in [3.63, 3.8) is 0 Å². The van der Waals surface area contributed by atoms with Gasteiger partial charge in [-0.1, -0.05) is 10.3 Å². The average molecular weight is 238 g/mol. The Morgan fingerprint density at radius 3 is 2.65 bits per heavy atom. The minimum absolute atomic E-state index is 0.0198. The standard InChI is InChI=1S/C11H14N2O4/c1-16-12-6-5-10(13-17-2)9-4-3-8(14)7-11(9)15/h3-4,6-7,14-15H,5H2,1-2H3/b12-6+,13-10+. The maximum Gasteiger partial charge on any atom is 0.128 e. The van der Waals surface area contributed by atoms with Crippen LogP contribution in [0.25, 0.3) is 0 Å². The number of rotatable bonds is 5. The number of hydrogen-bond donors (Lipinski definition) is 2. The van der Waals surface area contributed by atoms with Gasteiger partial charge < -0.3 is 19.9 Å². The van der Waals surface area contributed by atoms with Crippen LogP contribution < -0.4 is 0 Å². The second-order valence-electron chi connectivity index (χ2n) is 3.10. The molecular weight excluding hydrogens is 224 g/mol. The van der Waals surface area contributed by atoms with Crippen LogP contribution >= 0.6 is 0 Å². The van der Waals surface area contributed by atoms with E-state index in [1.165, 1.54) is 32.6 Å². The highest BCUT2D eigenvalue weighted by molar-refractivity contribution is 6.08. The van der Waals surface area contributed by atoms with Crippen molar-refractivity contribution in [1.82, 2.24) is 0 Å². The third-order valence-corrected chi connectivity index (χ3v) is 1.96. The summed E-state index contributed by atoms with van der Waals surface area (Å²) in [6.07, 6.45) is 1.82. The predicted octanol–water partition coefficient (Wildman–Crippen LogP) is 1.47. The van der Waals surface area contributed by atoms with Crippen LogP contribution in [0.5, 0.6) is 11.5 Å². The van der Waals surface area contributed by atoms with Gasteiger partial charge >= 0.3 is 0 Å². The minimum atomic E-state index is -0.0772. The Balaban J connectivity index is 2.98. The van der Waals surface area contributed by atoms with Crippen molar-refractivity contribution < 1.29 is 19.9 Å². The molecule has 92 valence electrons. The summed E-state index contributed by atoms with van der Waals surface area (Å²) in [7, 11) is 2.84. The third kappa shape index (κ3) is 3.67. The van der Waals surface area contributed by atoms with E-state index in [9.17, 15) is 10.2 Å². The maximum atomic E-state index is 9.67. The van der Waals surface area contributed by atoms with Gasteiger partial charge in [-0.3, -0.25) is 0 Å². The molecule has 0 aliphatic rings. The second-order valence-corrected chi connectivity index (χ2v) is 3.10. The SMILES string of the molecule is CO/N=C/C/C(=N\OC)c1ccc(O)cc1O. The largest absolute Gasteiger partial charge is 0.508 e. The maximum absolute atomic E-state index is 9.67. The first-order valence-electron chi connectivity index (χ1n) is 4.86. The van der Waals surface area contributed by atoms with Gasteiger partial charge in [0.25, 0.3) is 0 Å². The summed E-state index contributed by atoms with van der Waals surface area (Å²) in [5, 5.41) is 26.2. The lowest BCUT2D eigenvalue weighted by atomic mass is 10.1. The van der Waals surface area contributed by atoms with Crippen molar-refractivity contribution >= 4 is 11.9 Å². The summed E-state index contributed by atoms with van der Waals surface area (Å²) in [6.45, 7) is 0. The molecule has 6 heteroatoms. The summed E-state index contributed by atoms with van der Waals surface area (Å²) in [5.74, 6) is -0.0970. The molecule has 0 saturated heterocycles. The fourth-order valence-corrected chi connectivity index (χ4v) is 1.27. The first-order valence-corrected chi connectivity index (χ1v) is 4.86. The Kier molecular flexibility index (Phi) is 4.80. The quantitative estimate of drug-likeness (QED) is 0.601. The zero-order valence-corrected chi connectivity index (χ0v) is 9.62. The number of aromatic hydroxyl groups is 2. The first-order chi connectivity index (χ1) is 8.19. The van der Waals surface area contributed by atoms with E-state index in [4.69, 9.17) is 0 Å². The smallest absolute Gasteiger partial charge is 0.128 e. The Bertz CT molecular complexity index is 429. The summed E-state index contributed by atoms with van der Waals surface area (Å²) < 4.78 is 0. The molecule has 0 aliphatic heterocycles. The molecule has 1 rings (SSSR count). The average Bonchev–Trinajstić information content (AvgIpc) is 2.28. The van der Waals surface area contributed by atoms with E-state index in [1.807, 2.05) is 0 Å². The molecule has 0 radical (unpaired) electrons. The molecule has 2 N–H and O–H groups in total. The molecule has 1 aromatic rings. The summed E-state index contributed by atoms with van der Waals surface area (Å²) >= 11 is 0. The molecule has 0 heterocycles. The molecule has 0 amide bonds. The van der Waals surface area contributed by atoms with Gasteiger partial charge in [0, 0.05) is 24.3 Å². The van der Waals surface area contributed by atoms with Crippen molar-refractivity contribution in [2.75, 3.05) is 14.2 Å². The van der Waals surface area contributed by atoms with Crippen LogP contribution in [0.1, 0.15) is 12.0 Å². The lowest BCUT2D eigenvalue weighted by molar-refractivity contribution is 0.212. The van der Waals surface area contributed by atoms with Crippen molar-refractivity contribution in [1.29, 1.82) is 0 Å². The number of nitrogens with zero attached hydrogens (tertiary/aromatic N) is 2. The zero-order valence-electron chi connectivity index (χ0n) is 9.62. The highest BCUT2D eigenvalue weighted by Gasteiger charge is 2.09. The lowest BCUT2D eigenvalue weighted by Crippen LogP contribution is -2.03. The molecule has 0 unspecified atom stereocenters. The highest BCUT2D eigenvalue weighted by Crippen LogP contribution is 2.24. The van der Waals surface area contributed by atoms with Gasteiger partial charge in [0.05, 0.1) is 5.71 Å². The molecule has 6 nitrogen and oxygen atoms in total. The van der Waals surface area contributed by atoms with Crippen LogP contribution in [0.15, 0.2) is 28.5 Å². The highest BCUT2D eigenvalue weighted by atomic mass is 16.6. The van der Waals surface area contributed by atoms with Crippen molar-refractivity contribution in [3.8, 4) is 11.5 Å². The molecule has 0 bridgehead atoms. The van der Waals surface area contributed by atoms with Gasteiger partial charge in [0.1, 0.15) is 25.7 Å². The molecule has 0 aromatic heterocycles. The molecule has 0 fully saturated rings. The van der Waals surface area contributed by atoms with Gasteiger partial charge in [-0.15, -0.1) is 0 Å². The van der Waals surface area contributed by atoms with Gasteiger partial charge in [-0.2, -0.15) is 0 Å². The minimum Gasteiger partial charge on any atom is -0.508 e. The summed E-state index contributed by atoms with van der Waals surface area (Å²) in [5.41, 5.74) is 0.943. The fourth-order valence-electron chi connectivity index (χ4n) is 1.27. The Morgan fingerprint density at radius 2 is 2.06 bits per heavy atom. The Labute approximate surface area is 98.8 Å².